The highest BCUT2D eigenvalue weighted by atomic mass is 16.5. The predicted octanol–water partition coefficient (Wildman–Crippen LogP) is 5.11. The SMILES string of the molecule is CCCOc1ccc2c(c1)Oc1cc(OCCC)ccc1N2. The van der Waals surface area contributed by atoms with E-state index in [1.807, 2.05) is 36.4 Å². The van der Waals surface area contributed by atoms with Gasteiger partial charge in [0.05, 0.1) is 24.6 Å². The molecule has 0 spiro atoms. The van der Waals surface area contributed by atoms with Crippen LogP contribution in [-0.2, 0) is 0 Å². The van der Waals surface area contributed by atoms with Gasteiger partial charge in [-0.05, 0) is 37.1 Å². The Morgan fingerprint density at radius 3 is 1.77 bits per heavy atom. The van der Waals surface area contributed by atoms with Crippen molar-refractivity contribution in [1.82, 2.24) is 0 Å². The van der Waals surface area contributed by atoms with E-state index in [0.717, 1.165) is 47.2 Å². The maximum Gasteiger partial charge on any atom is 0.154 e. The van der Waals surface area contributed by atoms with Crippen LogP contribution in [0.15, 0.2) is 36.4 Å². The van der Waals surface area contributed by atoms with E-state index in [-0.39, 0.29) is 0 Å². The zero-order chi connectivity index (χ0) is 15.4. The van der Waals surface area contributed by atoms with Crippen LogP contribution in [0.5, 0.6) is 23.0 Å². The molecule has 0 amide bonds. The second-order valence-electron chi connectivity index (χ2n) is 5.24. The number of anilines is 2. The first kappa shape index (κ1) is 14.6. The van der Waals surface area contributed by atoms with Crippen LogP contribution in [-0.4, -0.2) is 13.2 Å². The van der Waals surface area contributed by atoms with Crippen molar-refractivity contribution in [2.45, 2.75) is 26.7 Å². The molecule has 2 aromatic carbocycles. The monoisotopic (exact) mass is 299 g/mol. The van der Waals surface area contributed by atoms with E-state index in [2.05, 4.69) is 19.2 Å². The Kier molecular flexibility index (Phi) is 4.37. The van der Waals surface area contributed by atoms with E-state index < -0.39 is 0 Å². The van der Waals surface area contributed by atoms with Crippen molar-refractivity contribution >= 4 is 11.4 Å². The van der Waals surface area contributed by atoms with Crippen molar-refractivity contribution < 1.29 is 14.2 Å². The lowest BCUT2D eigenvalue weighted by Crippen LogP contribution is -2.04. The molecule has 0 saturated carbocycles. The van der Waals surface area contributed by atoms with Gasteiger partial charge in [-0.3, -0.25) is 0 Å². The highest BCUT2D eigenvalue weighted by Gasteiger charge is 2.17. The molecule has 22 heavy (non-hydrogen) atoms. The number of ether oxygens (including phenoxy) is 3. The van der Waals surface area contributed by atoms with Crippen molar-refractivity contribution in [3.8, 4) is 23.0 Å². The molecule has 1 aliphatic rings. The van der Waals surface area contributed by atoms with E-state index in [1.165, 1.54) is 0 Å². The molecule has 0 bridgehead atoms. The van der Waals surface area contributed by atoms with Gasteiger partial charge in [0.1, 0.15) is 11.5 Å². The molecule has 0 radical (unpaired) electrons. The maximum absolute atomic E-state index is 6.00. The summed E-state index contributed by atoms with van der Waals surface area (Å²) < 4.78 is 17.3. The number of fused-ring (bicyclic) bond motifs is 2. The van der Waals surface area contributed by atoms with E-state index in [9.17, 15) is 0 Å². The molecule has 0 saturated heterocycles. The third kappa shape index (κ3) is 3.11. The minimum atomic E-state index is 0.706. The summed E-state index contributed by atoms with van der Waals surface area (Å²) in [6.45, 7) is 5.59. The van der Waals surface area contributed by atoms with Crippen LogP contribution in [0, 0.1) is 0 Å². The summed E-state index contributed by atoms with van der Waals surface area (Å²) in [5.41, 5.74) is 1.89. The highest BCUT2D eigenvalue weighted by molar-refractivity contribution is 5.76. The number of benzene rings is 2. The first-order valence-corrected chi connectivity index (χ1v) is 7.78. The van der Waals surface area contributed by atoms with Gasteiger partial charge in [0.15, 0.2) is 11.5 Å². The Hall–Kier alpha value is -2.36. The van der Waals surface area contributed by atoms with Crippen molar-refractivity contribution in [1.29, 1.82) is 0 Å². The molecule has 4 heteroatoms. The van der Waals surface area contributed by atoms with Gasteiger partial charge >= 0.3 is 0 Å². The topological polar surface area (TPSA) is 39.7 Å². The van der Waals surface area contributed by atoms with Crippen LogP contribution < -0.4 is 19.5 Å². The molecular formula is C18H21NO3. The van der Waals surface area contributed by atoms with E-state index in [0.29, 0.717) is 13.2 Å². The fraction of sp³-hybridized carbons (Fsp3) is 0.333. The Balaban J connectivity index is 1.80. The van der Waals surface area contributed by atoms with Crippen LogP contribution in [0.2, 0.25) is 0 Å². The van der Waals surface area contributed by atoms with Gasteiger partial charge in [-0.2, -0.15) is 0 Å². The number of hydrogen-bond donors (Lipinski definition) is 1. The average molecular weight is 299 g/mol. The van der Waals surface area contributed by atoms with Gasteiger partial charge in [-0.25, -0.2) is 0 Å². The third-order valence-electron chi connectivity index (χ3n) is 3.34. The number of nitrogens with one attached hydrogen (secondary N) is 1. The zero-order valence-electron chi connectivity index (χ0n) is 13.0. The Morgan fingerprint density at radius 2 is 1.32 bits per heavy atom. The van der Waals surface area contributed by atoms with Crippen LogP contribution in [0.25, 0.3) is 0 Å². The molecular weight excluding hydrogens is 278 g/mol. The summed E-state index contributed by atoms with van der Waals surface area (Å²) in [4.78, 5) is 0. The van der Waals surface area contributed by atoms with E-state index in [1.54, 1.807) is 0 Å². The molecule has 3 rings (SSSR count). The number of rotatable bonds is 6. The summed E-state index contributed by atoms with van der Waals surface area (Å²) in [5.74, 6) is 3.19. The summed E-state index contributed by atoms with van der Waals surface area (Å²) in [7, 11) is 0. The highest BCUT2D eigenvalue weighted by Crippen LogP contribution is 2.44. The summed E-state index contributed by atoms with van der Waals surface area (Å²) in [5, 5.41) is 3.37. The average Bonchev–Trinajstić information content (AvgIpc) is 2.56. The van der Waals surface area contributed by atoms with E-state index in [4.69, 9.17) is 14.2 Å². The quantitative estimate of drug-likeness (QED) is 0.686. The smallest absolute Gasteiger partial charge is 0.154 e. The molecule has 1 N–H and O–H groups in total. The molecule has 0 aromatic heterocycles. The van der Waals surface area contributed by atoms with Crippen LogP contribution in [0.3, 0.4) is 0 Å². The molecule has 0 atom stereocenters. The summed E-state index contributed by atoms with van der Waals surface area (Å²) in [6, 6.07) is 11.7. The van der Waals surface area contributed by atoms with Crippen LogP contribution in [0.4, 0.5) is 11.4 Å². The van der Waals surface area contributed by atoms with Gasteiger partial charge in [-0.15, -0.1) is 0 Å². The molecule has 4 nitrogen and oxygen atoms in total. The minimum absolute atomic E-state index is 0.706. The predicted molar refractivity (Wildman–Crippen MR) is 87.8 cm³/mol. The van der Waals surface area contributed by atoms with Crippen molar-refractivity contribution in [2.75, 3.05) is 18.5 Å². The van der Waals surface area contributed by atoms with Crippen molar-refractivity contribution in [2.24, 2.45) is 0 Å². The van der Waals surface area contributed by atoms with Gasteiger partial charge in [-0.1, -0.05) is 13.8 Å². The van der Waals surface area contributed by atoms with Crippen molar-refractivity contribution in [3.05, 3.63) is 36.4 Å². The maximum atomic E-state index is 6.00. The lowest BCUT2D eigenvalue weighted by molar-refractivity contribution is 0.314. The Bertz CT molecular complexity index is 599. The Labute approximate surface area is 131 Å². The first-order valence-electron chi connectivity index (χ1n) is 7.78. The lowest BCUT2D eigenvalue weighted by Gasteiger charge is -2.23. The molecule has 116 valence electrons. The molecule has 1 aliphatic heterocycles. The van der Waals surface area contributed by atoms with E-state index >= 15 is 0 Å². The minimum Gasteiger partial charge on any atom is -0.493 e. The summed E-state index contributed by atoms with van der Waals surface area (Å²) >= 11 is 0. The third-order valence-corrected chi connectivity index (χ3v) is 3.34. The normalized spacial score (nSPS) is 11.7. The largest absolute Gasteiger partial charge is 0.493 e. The van der Waals surface area contributed by atoms with Gasteiger partial charge in [0.25, 0.3) is 0 Å². The second-order valence-corrected chi connectivity index (χ2v) is 5.24. The molecule has 2 aromatic rings. The zero-order valence-corrected chi connectivity index (χ0v) is 13.0. The second kappa shape index (κ2) is 6.60. The molecule has 0 unspecified atom stereocenters. The van der Waals surface area contributed by atoms with Crippen LogP contribution >= 0.6 is 0 Å². The fourth-order valence-electron chi connectivity index (χ4n) is 2.26. The fourth-order valence-corrected chi connectivity index (χ4v) is 2.26. The molecule has 0 fully saturated rings. The van der Waals surface area contributed by atoms with Crippen molar-refractivity contribution in [3.63, 3.8) is 0 Å². The first-order chi connectivity index (χ1) is 10.8. The molecule has 0 aliphatic carbocycles. The molecule has 1 heterocycles. The summed E-state index contributed by atoms with van der Waals surface area (Å²) in [6.07, 6.45) is 1.97. The van der Waals surface area contributed by atoms with Gasteiger partial charge in [0.2, 0.25) is 0 Å². The Morgan fingerprint density at radius 1 is 0.818 bits per heavy atom. The lowest BCUT2D eigenvalue weighted by atomic mass is 10.2. The van der Waals surface area contributed by atoms with Gasteiger partial charge in [0, 0.05) is 12.1 Å². The van der Waals surface area contributed by atoms with Crippen LogP contribution in [0.1, 0.15) is 26.7 Å². The van der Waals surface area contributed by atoms with Gasteiger partial charge < -0.3 is 19.5 Å². The number of hydrogen-bond acceptors (Lipinski definition) is 4. The standard InChI is InChI=1S/C18H21NO3/c1-3-9-20-13-5-7-15-17(11-13)22-18-12-14(21-10-4-2)6-8-16(18)19-15/h5-8,11-12,19H,3-4,9-10H2,1-2H3.